The highest BCUT2D eigenvalue weighted by Gasteiger charge is 2.54. The summed E-state index contributed by atoms with van der Waals surface area (Å²) in [5, 5.41) is 0. The third-order valence-electron chi connectivity index (χ3n) is 8.04. The lowest BCUT2D eigenvalue weighted by Crippen LogP contribution is -2.51. The number of likely N-dealkylation sites (tertiary alicyclic amines) is 1. The number of esters is 1. The number of hydrogen-bond acceptors (Lipinski definition) is 4. The van der Waals surface area contributed by atoms with E-state index in [0.29, 0.717) is 30.8 Å². The summed E-state index contributed by atoms with van der Waals surface area (Å²) in [6.45, 7) is 0.897. The summed E-state index contributed by atoms with van der Waals surface area (Å²) in [5.74, 6) is 1.38. The van der Waals surface area contributed by atoms with E-state index in [0.717, 1.165) is 25.7 Å². The van der Waals surface area contributed by atoms with Crippen molar-refractivity contribution in [3.05, 3.63) is 35.9 Å². The molecule has 5 aliphatic rings. The molecule has 5 fully saturated rings. The van der Waals surface area contributed by atoms with E-state index in [-0.39, 0.29) is 36.1 Å². The topological polar surface area (TPSA) is 63.7 Å². The van der Waals surface area contributed by atoms with Crippen LogP contribution in [-0.2, 0) is 25.5 Å². The SMILES string of the molecule is O=C(OCC(=O)C12CC3CC(CC(C3)C1)C2)[C@@H]1CC(=O)N(CCc2ccccc2)C1. The summed E-state index contributed by atoms with van der Waals surface area (Å²) in [5.41, 5.74) is 0.944. The summed E-state index contributed by atoms with van der Waals surface area (Å²) >= 11 is 0. The molecule has 1 amide bonds. The van der Waals surface area contributed by atoms with Gasteiger partial charge in [-0.05, 0) is 68.3 Å². The maximum absolute atomic E-state index is 13.0. The van der Waals surface area contributed by atoms with Gasteiger partial charge in [-0.25, -0.2) is 0 Å². The lowest BCUT2D eigenvalue weighted by atomic mass is 9.48. The summed E-state index contributed by atoms with van der Waals surface area (Å²) in [6.07, 6.45) is 7.80. The zero-order chi connectivity index (χ0) is 20.7. The fourth-order valence-corrected chi connectivity index (χ4v) is 6.91. The van der Waals surface area contributed by atoms with E-state index < -0.39 is 5.92 Å². The van der Waals surface area contributed by atoms with Gasteiger partial charge in [-0.15, -0.1) is 0 Å². The van der Waals surface area contributed by atoms with Gasteiger partial charge in [0.25, 0.3) is 0 Å². The molecule has 4 aliphatic carbocycles. The molecule has 0 unspecified atom stereocenters. The summed E-state index contributed by atoms with van der Waals surface area (Å²) in [6, 6.07) is 10.0. The number of carbonyl (C=O) groups is 3. The van der Waals surface area contributed by atoms with E-state index in [2.05, 4.69) is 0 Å². The van der Waals surface area contributed by atoms with Gasteiger partial charge in [0.1, 0.15) is 0 Å². The number of amides is 1. The molecule has 5 nitrogen and oxygen atoms in total. The van der Waals surface area contributed by atoms with Crippen LogP contribution in [0.25, 0.3) is 0 Å². The quantitative estimate of drug-likeness (QED) is 0.648. The maximum Gasteiger partial charge on any atom is 0.311 e. The van der Waals surface area contributed by atoms with Crippen molar-refractivity contribution in [2.75, 3.05) is 19.7 Å². The predicted octanol–water partition coefficient (Wildman–Crippen LogP) is 3.41. The Morgan fingerprint density at radius 3 is 2.27 bits per heavy atom. The molecule has 1 saturated heterocycles. The highest BCUT2D eigenvalue weighted by atomic mass is 16.5. The zero-order valence-corrected chi connectivity index (χ0v) is 17.6. The lowest BCUT2D eigenvalue weighted by molar-refractivity contribution is -0.160. The summed E-state index contributed by atoms with van der Waals surface area (Å²) in [7, 11) is 0. The van der Waals surface area contributed by atoms with Gasteiger partial charge >= 0.3 is 5.97 Å². The van der Waals surface area contributed by atoms with Crippen molar-refractivity contribution in [3.8, 4) is 0 Å². The molecule has 160 valence electrons. The first-order chi connectivity index (χ1) is 14.5. The Hall–Kier alpha value is -2.17. The van der Waals surface area contributed by atoms with E-state index in [1.807, 2.05) is 30.3 Å². The van der Waals surface area contributed by atoms with Crippen LogP contribution in [0.3, 0.4) is 0 Å². The monoisotopic (exact) mass is 409 g/mol. The lowest BCUT2D eigenvalue weighted by Gasteiger charge is -2.55. The molecule has 4 bridgehead atoms. The van der Waals surface area contributed by atoms with Crippen LogP contribution < -0.4 is 0 Å². The molecule has 0 N–H and O–H groups in total. The van der Waals surface area contributed by atoms with Gasteiger partial charge in [-0.3, -0.25) is 14.4 Å². The number of benzene rings is 1. The molecule has 1 aliphatic heterocycles. The van der Waals surface area contributed by atoms with Crippen molar-refractivity contribution in [1.29, 1.82) is 0 Å². The highest BCUT2D eigenvalue weighted by Crippen LogP contribution is 2.60. The van der Waals surface area contributed by atoms with E-state index in [1.54, 1.807) is 4.90 Å². The average Bonchev–Trinajstić information content (AvgIpc) is 3.10. The second-order valence-electron chi connectivity index (χ2n) is 10.2. The predicted molar refractivity (Wildman–Crippen MR) is 111 cm³/mol. The van der Waals surface area contributed by atoms with Crippen molar-refractivity contribution < 1.29 is 19.1 Å². The normalized spacial score (nSPS) is 34.4. The molecule has 1 atom stereocenters. The number of Topliss-reactive ketones (excluding diaryl/α,β-unsaturated/α-hetero) is 1. The molecule has 6 rings (SSSR count). The van der Waals surface area contributed by atoms with E-state index in [9.17, 15) is 14.4 Å². The van der Waals surface area contributed by atoms with E-state index in [1.165, 1.54) is 24.8 Å². The molecule has 4 saturated carbocycles. The molecule has 1 aromatic rings. The minimum atomic E-state index is -0.447. The second kappa shape index (κ2) is 7.82. The number of hydrogen-bond donors (Lipinski definition) is 0. The number of ether oxygens (including phenoxy) is 1. The number of carbonyl (C=O) groups excluding carboxylic acids is 3. The Balaban J connectivity index is 1.12. The Labute approximate surface area is 178 Å². The van der Waals surface area contributed by atoms with Gasteiger partial charge in [0.15, 0.2) is 12.4 Å². The average molecular weight is 410 g/mol. The minimum Gasteiger partial charge on any atom is -0.457 e. The van der Waals surface area contributed by atoms with Crippen molar-refractivity contribution in [2.45, 2.75) is 51.4 Å². The maximum atomic E-state index is 13.0. The van der Waals surface area contributed by atoms with Crippen LogP contribution in [0, 0.1) is 29.1 Å². The Bertz CT molecular complexity index is 798. The summed E-state index contributed by atoms with van der Waals surface area (Å²) < 4.78 is 5.47. The van der Waals surface area contributed by atoms with Gasteiger partial charge in [0.2, 0.25) is 5.91 Å². The fraction of sp³-hybridized carbons (Fsp3) is 0.640. The Morgan fingerprint density at radius 1 is 1.00 bits per heavy atom. The van der Waals surface area contributed by atoms with Crippen molar-refractivity contribution >= 4 is 17.7 Å². The Morgan fingerprint density at radius 2 is 1.63 bits per heavy atom. The molecule has 1 heterocycles. The van der Waals surface area contributed by atoms with Crippen LogP contribution in [0.4, 0.5) is 0 Å². The van der Waals surface area contributed by atoms with E-state index >= 15 is 0 Å². The molecule has 30 heavy (non-hydrogen) atoms. The molecule has 1 aromatic carbocycles. The van der Waals surface area contributed by atoms with Gasteiger partial charge in [0, 0.05) is 24.9 Å². The first-order valence-corrected chi connectivity index (χ1v) is 11.5. The van der Waals surface area contributed by atoms with Crippen molar-refractivity contribution in [2.24, 2.45) is 29.1 Å². The van der Waals surface area contributed by atoms with Crippen LogP contribution >= 0.6 is 0 Å². The molecular formula is C25H31NO4. The molecule has 0 aromatic heterocycles. The largest absolute Gasteiger partial charge is 0.457 e. The number of nitrogens with zero attached hydrogens (tertiary/aromatic N) is 1. The number of ketones is 1. The number of rotatable bonds is 7. The summed E-state index contributed by atoms with van der Waals surface area (Å²) in [4.78, 5) is 39.7. The minimum absolute atomic E-state index is 0.000270. The standard InChI is InChI=1S/C25H31NO4/c27-22(25-12-18-8-19(13-25)10-20(9-18)14-25)16-30-24(29)21-11-23(28)26(15-21)7-6-17-4-2-1-3-5-17/h1-5,18-21H,6-16H2/t18?,19?,20?,21-,25?/m1/s1. The van der Waals surface area contributed by atoms with E-state index in [4.69, 9.17) is 4.74 Å². The van der Waals surface area contributed by atoms with Gasteiger partial charge < -0.3 is 9.64 Å². The van der Waals surface area contributed by atoms with Crippen LogP contribution in [0.15, 0.2) is 30.3 Å². The first kappa shape index (κ1) is 19.8. The molecule has 0 spiro atoms. The third kappa shape index (κ3) is 3.79. The highest BCUT2D eigenvalue weighted by molar-refractivity contribution is 5.90. The third-order valence-corrected chi connectivity index (χ3v) is 8.04. The van der Waals surface area contributed by atoms with Crippen LogP contribution in [0.2, 0.25) is 0 Å². The molecule has 0 radical (unpaired) electrons. The Kier molecular flexibility index (Phi) is 5.16. The van der Waals surface area contributed by atoms with Crippen LogP contribution in [0.1, 0.15) is 50.5 Å². The van der Waals surface area contributed by atoms with Crippen LogP contribution in [0.5, 0.6) is 0 Å². The molecule has 5 heteroatoms. The first-order valence-electron chi connectivity index (χ1n) is 11.5. The fourth-order valence-electron chi connectivity index (χ4n) is 6.91. The van der Waals surface area contributed by atoms with Gasteiger partial charge in [0.05, 0.1) is 5.92 Å². The van der Waals surface area contributed by atoms with Gasteiger partial charge in [-0.2, -0.15) is 0 Å². The zero-order valence-electron chi connectivity index (χ0n) is 17.6. The smallest absolute Gasteiger partial charge is 0.311 e. The van der Waals surface area contributed by atoms with Crippen molar-refractivity contribution in [3.63, 3.8) is 0 Å². The molecular weight excluding hydrogens is 378 g/mol. The van der Waals surface area contributed by atoms with Crippen LogP contribution in [-0.4, -0.2) is 42.3 Å². The second-order valence-corrected chi connectivity index (χ2v) is 10.2. The van der Waals surface area contributed by atoms with Crippen molar-refractivity contribution in [1.82, 2.24) is 4.90 Å². The van der Waals surface area contributed by atoms with Gasteiger partial charge in [-0.1, -0.05) is 30.3 Å².